The molecule has 0 fully saturated rings. The van der Waals surface area contributed by atoms with Crippen molar-refractivity contribution in [2.24, 2.45) is 0 Å². The lowest BCUT2D eigenvalue weighted by molar-refractivity contribution is 0.436. The van der Waals surface area contributed by atoms with Crippen LogP contribution in [0.4, 0.5) is 5.69 Å². The number of hydrogen-bond donors (Lipinski definition) is 1. The predicted molar refractivity (Wildman–Crippen MR) is 134 cm³/mol. The summed E-state index contributed by atoms with van der Waals surface area (Å²) in [4.78, 5) is 0. The van der Waals surface area contributed by atoms with Gasteiger partial charge in [0.1, 0.15) is 11.5 Å². The monoisotopic (exact) mass is 423 g/mol. The molecule has 1 heterocycles. The van der Waals surface area contributed by atoms with Crippen LogP contribution in [0.25, 0.3) is 22.3 Å². The molecule has 1 aliphatic carbocycles. The Bertz CT molecular complexity index is 1520. The molecule has 2 aliphatic rings. The lowest BCUT2D eigenvalue weighted by atomic mass is 9.66. The third-order valence-electron chi connectivity index (χ3n) is 7.12. The van der Waals surface area contributed by atoms with E-state index >= 15 is 0 Å². The first-order valence-corrected chi connectivity index (χ1v) is 11.2. The van der Waals surface area contributed by atoms with Crippen LogP contribution in [0, 0.1) is 0 Å². The average Bonchev–Trinajstić information content (AvgIpc) is 3.15. The zero-order chi connectivity index (χ0) is 22.0. The van der Waals surface area contributed by atoms with E-state index < -0.39 is 5.41 Å². The Morgan fingerprint density at radius 2 is 1.03 bits per heavy atom. The number of anilines is 1. The molecule has 5 aromatic rings. The highest BCUT2D eigenvalue weighted by Crippen LogP contribution is 2.62. The lowest BCUT2D eigenvalue weighted by Crippen LogP contribution is -2.32. The normalized spacial score (nSPS) is 14.1. The highest BCUT2D eigenvalue weighted by atomic mass is 16.5. The van der Waals surface area contributed by atoms with Crippen molar-refractivity contribution in [2.75, 3.05) is 5.73 Å². The molecule has 0 amide bonds. The Hall–Kier alpha value is -4.30. The van der Waals surface area contributed by atoms with Crippen LogP contribution >= 0.6 is 0 Å². The van der Waals surface area contributed by atoms with Crippen LogP contribution in [-0.2, 0) is 5.41 Å². The van der Waals surface area contributed by atoms with Crippen molar-refractivity contribution < 1.29 is 4.74 Å². The van der Waals surface area contributed by atoms with Crippen molar-refractivity contribution in [3.8, 4) is 33.8 Å². The van der Waals surface area contributed by atoms with Gasteiger partial charge in [-0.25, -0.2) is 0 Å². The summed E-state index contributed by atoms with van der Waals surface area (Å²) >= 11 is 0. The van der Waals surface area contributed by atoms with E-state index in [1.54, 1.807) is 0 Å². The Morgan fingerprint density at radius 3 is 1.73 bits per heavy atom. The first-order chi connectivity index (χ1) is 16.3. The largest absolute Gasteiger partial charge is 0.457 e. The van der Waals surface area contributed by atoms with Crippen molar-refractivity contribution in [3.63, 3.8) is 0 Å². The summed E-state index contributed by atoms with van der Waals surface area (Å²) in [6.45, 7) is 0. The summed E-state index contributed by atoms with van der Waals surface area (Å²) in [5.74, 6) is 1.82. The van der Waals surface area contributed by atoms with E-state index in [-0.39, 0.29) is 0 Å². The van der Waals surface area contributed by atoms with Gasteiger partial charge in [-0.3, -0.25) is 0 Å². The van der Waals surface area contributed by atoms with Gasteiger partial charge in [0.25, 0.3) is 0 Å². The molecule has 0 radical (unpaired) electrons. The maximum absolute atomic E-state index is 6.39. The van der Waals surface area contributed by atoms with Gasteiger partial charge in [0.05, 0.1) is 5.41 Å². The molecule has 0 unspecified atom stereocenters. The maximum atomic E-state index is 6.39. The summed E-state index contributed by atoms with van der Waals surface area (Å²) in [5.41, 5.74) is 16.4. The van der Waals surface area contributed by atoms with Crippen molar-refractivity contribution in [1.82, 2.24) is 0 Å². The van der Waals surface area contributed by atoms with Gasteiger partial charge in [-0.2, -0.15) is 0 Å². The van der Waals surface area contributed by atoms with Crippen LogP contribution in [-0.4, -0.2) is 0 Å². The van der Waals surface area contributed by atoms with Gasteiger partial charge in [-0.05, 0) is 52.1 Å². The average molecular weight is 424 g/mol. The van der Waals surface area contributed by atoms with E-state index in [2.05, 4.69) is 84.9 Å². The Kier molecular flexibility index (Phi) is 3.66. The quantitative estimate of drug-likeness (QED) is 0.279. The maximum Gasteiger partial charge on any atom is 0.132 e. The van der Waals surface area contributed by atoms with E-state index in [0.717, 1.165) is 28.3 Å². The number of nitrogen functional groups attached to an aromatic ring is 1. The zero-order valence-electron chi connectivity index (χ0n) is 18.0. The Labute approximate surface area is 192 Å². The fourth-order valence-corrected chi connectivity index (χ4v) is 5.79. The molecule has 2 N–H and O–H groups in total. The van der Waals surface area contributed by atoms with E-state index in [1.807, 2.05) is 30.3 Å². The van der Waals surface area contributed by atoms with Crippen LogP contribution in [0.5, 0.6) is 11.5 Å². The standard InChI is InChI=1S/C31H21NO/c32-28-14-6-2-9-21(28)20-17-18-25-23(19-20)22-10-1-3-11-24(22)31(25)26-12-4-7-15-29(26)33-30-16-8-5-13-27(30)31/h1-19H,32H2. The fourth-order valence-electron chi connectivity index (χ4n) is 5.79. The van der Waals surface area contributed by atoms with Gasteiger partial charge in [-0.1, -0.05) is 91.0 Å². The molecule has 2 heteroatoms. The second-order valence-electron chi connectivity index (χ2n) is 8.74. The number of para-hydroxylation sites is 3. The smallest absolute Gasteiger partial charge is 0.132 e. The van der Waals surface area contributed by atoms with Crippen molar-refractivity contribution in [1.29, 1.82) is 0 Å². The van der Waals surface area contributed by atoms with Gasteiger partial charge < -0.3 is 10.5 Å². The number of fused-ring (bicyclic) bond motifs is 9. The first kappa shape index (κ1) is 18.3. The molecule has 1 spiro atoms. The summed E-state index contributed by atoms with van der Waals surface area (Å²) in [7, 11) is 0. The molecule has 0 saturated carbocycles. The molecular weight excluding hydrogens is 402 g/mol. The molecule has 0 atom stereocenters. The minimum Gasteiger partial charge on any atom is -0.457 e. The number of nitrogens with two attached hydrogens (primary N) is 1. The van der Waals surface area contributed by atoms with Gasteiger partial charge >= 0.3 is 0 Å². The van der Waals surface area contributed by atoms with Crippen LogP contribution in [0.2, 0.25) is 0 Å². The Morgan fingerprint density at radius 1 is 0.485 bits per heavy atom. The predicted octanol–water partition coefficient (Wildman–Crippen LogP) is 7.40. The van der Waals surface area contributed by atoms with Gasteiger partial charge in [0.2, 0.25) is 0 Å². The minimum atomic E-state index is -0.419. The summed E-state index contributed by atoms with van der Waals surface area (Å²) in [5, 5.41) is 0. The van der Waals surface area contributed by atoms with Gasteiger partial charge in [-0.15, -0.1) is 0 Å². The molecule has 5 aromatic carbocycles. The van der Waals surface area contributed by atoms with E-state index in [0.29, 0.717) is 0 Å². The van der Waals surface area contributed by atoms with Gasteiger partial charge in [0, 0.05) is 22.4 Å². The second-order valence-corrected chi connectivity index (χ2v) is 8.74. The summed E-state index contributed by atoms with van der Waals surface area (Å²) < 4.78 is 6.39. The van der Waals surface area contributed by atoms with Crippen LogP contribution in [0.1, 0.15) is 22.3 Å². The molecule has 33 heavy (non-hydrogen) atoms. The molecule has 0 aromatic heterocycles. The number of ether oxygens (including phenoxy) is 1. The van der Waals surface area contributed by atoms with Crippen molar-refractivity contribution in [3.05, 3.63) is 138 Å². The Balaban J connectivity index is 1.61. The molecule has 7 rings (SSSR count). The SMILES string of the molecule is Nc1ccccc1-c1ccc2c(c1)-c1ccccc1C21c2ccccc2Oc2ccccc21. The molecule has 0 saturated heterocycles. The molecular formula is C31H21NO. The zero-order valence-corrected chi connectivity index (χ0v) is 18.0. The fraction of sp³-hybridized carbons (Fsp3) is 0.0323. The van der Waals surface area contributed by atoms with Crippen LogP contribution < -0.4 is 10.5 Å². The third kappa shape index (κ3) is 2.33. The molecule has 156 valence electrons. The van der Waals surface area contributed by atoms with Gasteiger partial charge in [0.15, 0.2) is 0 Å². The molecule has 1 aliphatic heterocycles. The van der Waals surface area contributed by atoms with E-state index in [9.17, 15) is 0 Å². The lowest BCUT2D eigenvalue weighted by Gasteiger charge is -2.39. The minimum absolute atomic E-state index is 0.419. The van der Waals surface area contributed by atoms with Crippen LogP contribution in [0.3, 0.4) is 0 Å². The van der Waals surface area contributed by atoms with E-state index in [1.165, 1.54) is 33.4 Å². The van der Waals surface area contributed by atoms with Crippen molar-refractivity contribution in [2.45, 2.75) is 5.41 Å². The number of hydrogen-bond acceptors (Lipinski definition) is 2. The summed E-state index contributed by atoms with van der Waals surface area (Å²) in [6.07, 6.45) is 0. The highest BCUT2D eigenvalue weighted by Gasteiger charge is 2.50. The number of benzene rings is 5. The highest BCUT2D eigenvalue weighted by molar-refractivity contribution is 5.91. The molecule has 0 bridgehead atoms. The molecule has 2 nitrogen and oxygen atoms in total. The first-order valence-electron chi connectivity index (χ1n) is 11.2. The topological polar surface area (TPSA) is 35.2 Å². The second kappa shape index (κ2) is 6.60. The van der Waals surface area contributed by atoms with Crippen LogP contribution in [0.15, 0.2) is 115 Å². The number of rotatable bonds is 1. The summed E-state index contributed by atoms with van der Waals surface area (Å²) in [6, 6.07) is 40.5. The van der Waals surface area contributed by atoms with Crippen molar-refractivity contribution >= 4 is 5.69 Å². The third-order valence-corrected chi connectivity index (χ3v) is 7.12. The van der Waals surface area contributed by atoms with E-state index in [4.69, 9.17) is 10.5 Å².